The number of nitrogens with one attached hydrogen (secondary N) is 2. The average Bonchev–Trinajstić information content (AvgIpc) is 2.91. The first-order valence-corrected chi connectivity index (χ1v) is 6.84. The van der Waals surface area contributed by atoms with Gasteiger partial charge in [-0.15, -0.1) is 0 Å². The molecule has 106 valence electrons. The number of carbonyl (C=O) groups is 1. The number of nitrogens with zero attached hydrogens (tertiary/aromatic N) is 2. The maximum absolute atomic E-state index is 12.1. The Balaban J connectivity index is 1.86. The van der Waals surface area contributed by atoms with Gasteiger partial charge in [0.2, 0.25) is 0 Å². The number of amides is 1. The highest BCUT2D eigenvalue weighted by Crippen LogP contribution is 2.20. The second-order valence-corrected chi connectivity index (χ2v) is 5.20. The number of H-pyrrole nitrogens is 1. The highest BCUT2D eigenvalue weighted by molar-refractivity contribution is 6.04. The first kappa shape index (κ1) is 13.3. The monoisotopic (exact) mass is 280 g/mol. The molecule has 0 saturated carbocycles. The van der Waals surface area contributed by atoms with Crippen molar-refractivity contribution < 1.29 is 4.79 Å². The number of anilines is 1. The molecule has 0 bridgehead atoms. The van der Waals surface area contributed by atoms with E-state index in [1.807, 2.05) is 18.2 Å². The number of imidazole rings is 1. The molecule has 21 heavy (non-hydrogen) atoms. The molecule has 0 radical (unpaired) electrons. The van der Waals surface area contributed by atoms with Gasteiger partial charge in [-0.1, -0.05) is 13.8 Å². The Kier molecular flexibility index (Phi) is 3.39. The molecule has 2 N–H and O–H groups in total. The molecule has 0 unspecified atom stereocenters. The van der Waals surface area contributed by atoms with Crippen molar-refractivity contribution in [3.63, 3.8) is 0 Å². The first-order valence-electron chi connectivity index (χ1n) is 6.84. The zero-order valence-corrected chi connectivity index (χ0v) is 11.9. The molecule has 5 nitrogen and oxygen atoms in total. The van der Waals surface area contributed by atoms with Crippen molar-refractivity contribution in [3.05, 3.63) is 54.1 Å². The topological polar surface area (TPSA) is 70.7 Å². The fourth-order valence-corrected chi connectivity index (χ4v) is 2.08. The van der Waals surface area contributed by atoms with Crippen molar-refractivity contribution in [1.82, 2.24) is 15.0 Å². The molecule has 0 aliphatic carbocycles. The summed E-state index contributed by atoms with van der Waals surface area (Å²) in [5, 5.41) is 2.86. The number of pyridine rings is 1. The minimum atomic E-state index is -0.175. The molecule has 0 aliphatic heterocycles. The highest BCUT2D eigenvalue weighted by atomic mass is 16.1. The number of carbonyl (C=O) groups excluding carboxylic acids is 1. The van der Waals surface area contributed by atoms with Crippen LogP contribution in [-0.2, 0) is 0 Å². The van der Waals surface area contributed by atoms with Crippen molar-refractivity contribution in [3.8, 4) is 0 Å². The number of hydrogen-bond acceptors (Lipinski definition) is 3. The van der Waals surface area contributed by atoms with E-state index < -0.39 is 0 Å². The summed E-state index contributed by atoms with van der Waals surface area (Å²) in [6.45, 7) is 4.17. The second kappa shape index (κ2) is 5.36. The summed E-state index contributed by atoms with van der Waals surface area (Å²) in [6.07, 6.45) is 3.18. The maximum Gasteiger partial charge on any atom is 0.257 e. The van der Waals surface area contributed by atoms with E-state index >= 15 is 0 Å². The van der Waals surface area contributed by atoms with Gasteiger partial charge in [-0.05, 0) is 30.3 Å². The Morgan fingerprint density at radius 1 is 1.29 bits per heavy atom. The standard InChI is InChI=1S/C16H16N4O/c1-10(2)15-19-13-6-5-12(8-14(13)20-15)18-16(21)11-4-3-7-17-9-11/h3-10H,1-2H3,(H,18,21)(H,19,20). The van der Waals surface area contributed by atoms with E-state index in [0.29, 0.717) is 11.5 Å². The molecule has 5 heteroatoms. The van der Waals surface area contributed by atoms with Crippen molar-refractivity contribution in [2.24, 2.45) is 0 Å². The molecular formula is C16H16N4O. The van der Waals surface area contributed by atoms with Crippen LogP contribution in [0, 0.1) is 0 Å². The predicted molar refractivity (Wildman–Crippen MR) is 82.4 cm³/mol. The van der Waals surface area contributed by atoms with Crippen LogP contribution in [0.3, 0.4) is 0 Å². The van der Waals surface area contributed by atoms with Crippen LogP contribution in [0.4, 0.5) is 5.69 Å². The summed E-state index contributed by atoms with van der Waals surface area (Å²) in [5.41, 5.74) is 3.08. The van der Waals surface area contributed by atoms with Crippen LogP contribution in [-0.4, -0.2) is 20.9 Å². The summed E-state index contributed by atoms with van der Waals surface area (Å²) in [6, 6.07) is 9.11. The fraction of sp³-hybridized carbons (Fsp3) is 0.188. The summed E-state index contributed by atoms with van der Waals surface area (Å²) in [7, 11) is 0. The van der Waals surface area contributed by atoms with E-state index in [4.69, 9.17) is 0 Å². The van der Waals surface area contributed by atoms with E-state index in [2.05, 4.69) is 34.1 Å². The zero-order valence-electron chi connectivity index (χ0n) is 11.9. The first-order chi connectivity index (χ1) is 10.1. The predicted octanol–water partition coefficient (Wildman–Crippen LogP) is 3.33. The smallest absolute Gasteiger partial charge is 0.257 e. The molecule has 2 aromatic heterocycles. The largest absolute Gasteiger partial charge is 0.342 e. The lowest BCUT2D eigenvalue weighted by Gasteiger charge is -2.04. The van der Waals surface area contributed by atoms with E-state index in [0.717, 1.165) is 22.5 Å². The number of hydrogen-bond donors (Lipinski definition) is 2. The zero-order chi connectivity index (χ0) is 14.8. The summed E-state index contributed by atoms with van der Waals surface area (Å²) in [4.78, 5) is 23.8. The highest BCUT2D eigenvalue weighted by Gasteiger charge is 2.09. The molecule has 0 aliphatic rings. The molecular weight excluding hydrogens is 264 g/mol. The maximum atomic E-state index is 12.1. The van der Waals surface area contributed by atoms with E-state index in [1.165, 1.54) is 0 Å². The Morgan fingerprint density at radius 2 is 2.14 bits per heavy atom. The third-order valence-corrected chi connectivity index (χ3v) is 3.23. The van der Waals surface area contributed by atoms with Gasteiger partial charge in [0.25, 0.3) is 5.91 Å². The van der Waals surface area contributed by atoms with Crippen molar-refractivity contribution >= 4 is 22.6 Å². The van der Waals surface area contributed by atoms with Crippen molar-refractivity contribution in [2.45, 2.75) is 19.8 Å². The van der Waals surface area contributed by atoms with Gasteiger partial charge in [-0.3, -0.25) is 9.78 Å². The van der Waals surface area contributed by atoms with Crippen LogP contribution < -0.4 is 5.32 Å². The van der Waals surface area contributed by atoms with Gasteiger partial charge in [-0.2, -0.15) is 0 Å². The summed E-state index contributed by atoms with van der Waals surface area (Å²) in [5.74, 6) is 1.11. The Bertz CT molecular complexity index is 777. The second-order valence-electron chi connectivity index (χ2n) is 5.20. The minimum Gasteiger partial charge on any atom is -0.342 e. The molecule has 0 saturated heterocycles. The SMILES string of the molecule is CC(C)c1nc2ccc(NC(=O)c3cccnc3)cc2[nH]1. The van der Waals surface area contributed by atoms with Gasteiger partial charge in [0.05, 0.1) is 16.6 Å². The quantitative estimate of drug-likeness (QED) is 0.773. The average molecular weight is 280 g/mol. The third kappa shape index (κ3) is 2.76. The lowest BCUT2D eigenvalue weighted by atomic mass is 10.2. The van der Waals surface area contributed by atoms with Crippen LogP contribution in [0.5, 0.6) is 0 Å². The fourth-order valence-electron chi connectivity index (χ4n) is 2.08. The number of fused-ring (bicyclic) bond motifs is 1. The lowest BCUT2D eigenvalue weighted by Crippen LogP contribution is -2.11. The van der Waals surface area contributed by atoms with Gasteiger partial charge < -0.3 is 10.3 Å². The van der Waals surface area contributed by atoms with E-state index in [-0.39, 0.29) is 5.91 Å². The molecule has 3 aromatic rings. The normalized spacial score (nSPS) is 11.0. The van der Waals surface area contributed by atoms with Gasteiger partial charge in [0.15, 0.2) is 0 Å². The summed E-state index contributed by atoms with van der Waals surface area (Å²) < 4.78 is 0. The molecule has 1 amide bonds. The van der Waals surface area contributed by atoms with Crippen LogP contribution in [0.15, 0.2) is 42.7 Å². The third-order valence-electron chi connectivity index (χ3n) is 3.23. The molecule has 0 fully saturated rings. The molecule has 2 heterocycles. The Morgan fingerprint density at radius 3 is 2.86 bits per heavy atom. The van der Waals surface area contributed by atoms with Crippen molar-refractivity contribution in [1.29, 1.82) is 0 Å². The van der Waals surface area contributed by atoms with Gasteiger partial charge >= 0.3 is 0 Å². The summed E-state index contributed by atoms with van der Waals surface area (Å²) >= 11 is 0. The van der Waals surface area contributed by atoms with Gasteiger partial charge in [-0.25, -0.2) is 4.98 Å². The Labute approximate surface area is 122 Å². The lowest BCUT2D eigenvalue weighted by molar-refractivity contribution is 0.102. The van der Waals surface area contributed by atoms with E-state index in [9.17, 15) is 4.79 Å². The number of aromatic nitrogens is 3. The van der Waals surface area contributed by atoms with Crippen LogP contribution in [0.2, 0.25) is 0 Å². The van der Waals surface area contributed by atoms with Gasteiger partial charge in [0, 0.05) is 24.0 Å². The van der Waals surface area contributed by atoms with Crippen LogP contribution >= 0.6 is 0 Å². The number of aromatic amines is 1. The molecule has 3 rings (SSSR count). The van der Waals surface area contributed by atoms with Gasteiger partial charge in [0.1, 0.15) is 5.82 Å². The van der Waals surface area contributed by atoms with Crippen molar-refractivity contribution in [2.75, 3.05) is 5.32 Å². The Hall–Kier alpha value is -2.69. The minimum absolute atomic E-state index is 0.175. The van der Waals surface area contributed by atoms with E-state index in [1.54, 1.807) is 24.5 Å². The molecule has 0 spiro atoms. The van der Waals surface area contributed by atoms with Crippen LogP contribution in [0.1, 0.15) is 35.9 Å². The number of rotatable bonds is 3. The number of benzene rings is 1. The molecule has 1 aromatic carbocycles. The molecule has 0 atom stereocenters. The van der Waals surface area contributed by atoms with Crippen LogP contribution in [0.25, 0.3) is 11.0 Å².